The maximum Gasteiger partial charge on any atom is 0.466 e. The lowest BCUT2D eigenvalue weighted by molar-refractivity contribution is 0.399. The van der Waals surface area contributed by atoms with E-state index >= 15 is 0 Å². The fraction of sp³-hybridized carbons (Fsp3) is 1.00. The van der Waals surface area contributed by atoms with Crippen molar-refractivity contribution in [3.8, 4) is 0 Å². The molecular weight excluding hydrogens is 195 g/mol. The molecule has 0 aromatic heterocycles. The van der Waals surface area contributed by atoms with E-state index in [-0.39, 0.29) is 4.73 Å². The number of unbranched alkanes of at least 4 members (excludes halogenated alkanes) is 2. The van der Waals surface area contributed by atoms with E-state index in [4.69, 9.17) is 10.0 Å². The molecule has 0 bridgehead atoms. The fourth-order valence-electron chi connectivity index (χ4n) is 0.738. The average molecular weight is 209 g/mol. The first-order valence-electron chi connectivity index (χ1n) is 3.68. The van der Waals surface area contributed by atoms with Gasteiger partial charge in [-0.1, -0.05) is 42.1 Å². The third-order valence-electron chi connectivity index (χ3n) is 1.41. The molecule has 1 atom stereocenters. The fourth-order valence-corrected chi connectivity index (χ4v) is 1.06. The summed E-state index contributed by atoms with van der Waals surface area (Å²) in [5, 5.41) is 17.3. The summed E-state index contributed by atoms with van der Waals surface area (Å²) in [6.45, 7) is 2.12. The Labute approximate surface area is 70.9 Å². The van der Waals surface area contributed by atoms with Crippen LogP contribution in [0.3, 0.4) is 0 Å². The SMILES string of the molecule is CCCCCC(Br)B(O)O. The molecule has 0 heterocycles. The number of halogens is 1. The summed E-state index contributed by atoms with van der Waals surface area (Å²) >= 11 is 3.17. The van der Waals surface area contributed by atoms with Crippen molar-refractivity contribution in [1.29, 1.82) is 0 Å². The molecule has 10 heavy (non-hydrogen) atoms. The van der Waals surface area contributed by atoms with Crippen LogP contribution in [-0.2, 0) is 0 Å². The van der Waals surface area contributed by atoms with Crippen molar-refractivity contribution in [1.82, 2.24) is 0 Å². The molecule has 2 N–H and O–H groups in total. The van der Waals surface area contributed by atoms with Crippen LogP contribution in [0.2, 0.25) is 0 Å². The van der Waals surface area contributed by atoms with Crippen LogP contribution in [0.1, 0.15) is 32.6 Å². The third kappa shape index (κ3) is 5.27. The van der Waals surface area contributed by atoms with E-state index in [2.05, 4.69) is 22.9 Å². The molecule has 0 aromatic carbocycles. The molecule has 2 nitrogen and oxygen atoms in total. The van der Waals surface area contributed by atoms with Gasteiger partial charge in [-0.15, -0.1) is 0 Å². The standard InChI is InChI=1S/C6H14BBrO2/c1-2-3-4-5-6(8)7(9)10/h6,9-10H,2-5H2,1H3. The van der Waals surface area contributed by atoms with Gasteiger partial charge in [-0.25, -0.2) is 0 Å². The summed E-state index contributed by atoms with van der Waals surface area (Å²) in [5.41, 5.74) is 0. The summed E-state index contributed by atoms with van der Waals surface area (Å²) in [5.74, 6) is 0. The quantitative estimate of drug-likeness (QED) is 0.407. The largest absolute Gasteiger partial charge is 0.466 e. The minimum absolute atomic E-state index is 0.154. The maximum absolute atomic E-state index is 8.63. The Kier molecular flexibility index (Phi) is 6.48. The van der Waals surface area contributed by atoms with Crippen molar-refractivity contribution in [3.63, 3.8) is 0 Å². The molecule has 1 unspecified atom stereocenters. The normalized spacial score (nSPS) is 13.2. The van der Waals surface area contributed by atoms with E-state index in [1.54, 1.807) is 0 Å². The molecule has 0 radical (unpaired) electrons. The van der Waals surface area contributed by atoms with Crippen molar-refractivity contribution >= 4 is 23.0 Å². The predicted molar refractivity (Wildman–Crippen MR) is 47.0 cm³/mol. The van der Waals surface area contributed by atoms with Crippen molar-refractivity contribution in [2.24, 2.45) is 0 Å². The van der Waals surface area contributed by atoms with Crippen LogP contribution in [0.5, 0.6) is 0 Å². The second-order valence-corrected chi connectivity index (χ2v) is 3.60. The second kappa shape index (κ2) is 6.19. The van der Waals surface area contributed by atoms with Crippen LogP contribution in [0.15, 0.2) is 0 Å². The predicted octanol–water partition coefficient (Wildman–Crippen LogP) is 1.34. The summed E-state index contributed by atoms with van der Waals surface area (Å²) in [6.07, 6.45) is 4.23. The molecule has 60 valence electrons. The second-order valence-electron chi connectivity index (χ2n) is 2.43. The first-order chi connectivity index (χ1) is 4.68. The van der Waals surface area contributed by atoms with E-state index < -0.39 is 7.12 Å². The van der Waals surface area contributed by atoms with Crippen molar-refractivity contribution in [3.05, 3.63) is 0 Å². The highest BCUT2D eigenvalue weighted by Crippen LogP contribution is 2.11. The lowest BCUT2D eigenvalue weighted by Crippen LogP contribution is -2.25. The zero-order chi connectivity index (χ0) is 7.98. The smallest absolute Gasteiger partial charge is 0.426 e. The third-order valence-corrected chi connectivity index (χ3v) is 2.34. The molecule has 0 fully saturated rings. The van der Waals surface area contributed by atoms with E-state index in [0.717, 1.165) is 19.3 Å². The zero-order valence-corrected chi connectivity index (χ0v) is 7.84. The van der Waals surface area contributed by atoms with Gasteiger partial charge in [-0.3, -0.25) is 0 Å². The Morgan fingerprint density at radius 3 is 2.40 bits per heavy atom. The molecule has 0 saturated heterocycles. The molecule has 0 aromatic rings. The summed E-state index contributed by atoms with van der Waals surface area (Å²) < 4.78 is -0.154. The number of hydrogen-bond donors (Lipinski definition) is 2. The molecule has 0 aliphatic rings. The zero-order valence-electron chi connectivity index (χ0n) is 6.26. The van der Waals surface area contributed by atoms with Crippen molar-refractivity contribution in [2.75, 3.05) is 0 Å². The van der Waals surface area contributed by atoms with Gasteiger partial charge in [0, 0.05) is 4.73 Å². The lowest BCUT2D eigenvalue weighted by Gasteiger charge is -2.05. The average Bonchev–Trinajstić information content (AvgIpc) is 1.88. The molecule has 0 rings (SSSR count). The Hall–Kier alpha value is 0.465. The Bertz CT molecular complexity index is 80.1. The van der Waals surface area contributed by atoms with Crippen molar-refractivity contribution in [2.45, 2.75) is 37.3 Å². The highest BCUT2D eigenvalue weighted by Gasteiger charge is 2.18. The van der Waals surface area contributed by atoms with Crippen LogP contribution in [-0.4, -0.2) is 21.9 Å². The van der Waals surface area contributed by atoms with Crippen LogP contribution >= 0.6 is 15.9 Å². The highest BCUT2D eigenvalue weighted by atomic mass is 79.9. The van der Waals surface area contributed by atoms with Gasteiger partial charge in [0.05, 0.1) is 0 Å². The Morgan fingerprint density at radius 1 is 1.40 bits per heavy atom. The molecule has 0 aliphatic carbocycles. The first kappa shape index (κ1) is 10.5. The molecule has 0 spiro atoms. The summed E-state index contributed by atoms with van der Waals surface area (Å²) in [7, 11) is -1.21. The maximum atomic E-state index is 8.63. The van der Waals surface area contributed by atoms with Gasteiger partial charge in [0.25, 0.3) is 0 Å². The monoisotopic (exact) mass is 208 g/mol. The van der Waals surface area contributed by atoms with Crippen LogP contribution in [0, 0.1) is 0 Å². The van der Waals surface area contributed by atoms with Gasteiger partial charge < -0.3 is 10.0 Å². The lowest BCUT2D eigenvalue weighted by atomic mass is 9.83. The minimum atomic E-state index is -1.21. The first-order valence-corrected chi connectivity index (χ1v) is 4.60. The van der Waals surface area contributed by atoms with Crippen LogP contribution < -0.4 is 0 Å². The molecular formula is C6H14BBrO2. The summed E-state index contributed by atoms with van der Waals surface area (Å²) in [6, 6.07) is 0. The van der Waals surface area contributed by atoms with E-state index in [1.165, 1.54) is 6.42 Å². The van der Waals surface area contributed by atoms with Gasteiger partial charge >= 0.3 is 7.12 Å². The van der Waals surface area contributed by atoms with Crippen molar-refractivity contribution < 1.29 is 10.0 Å². The Balaban J connectivity index is 3.13. The van der Waals surface area contributed by atoms with Gasteiger partial charge in [-0.05, 0) is 6.42 Å². The number of alkyl halides is 1. The van der Waals surface area contributed by atoms with Gasteiger partial charge in [0.1, 0.15) is 0 Å². The van der Waals surface area contributed by atoms with Gasteiger partial charge in [0.15, 0.2) is 0 Å². The molecule has 0 saturated carbocycles. The van der Waals surface area contributed by atoms with Crippen LogP contribution in [0.25, 0.3) is 0 Å². The van der Waals surface area contributed by atoms with Gasteiger partial charge in [-0.2, -0.15) is 0 Å². The van der Waals surface area contributed by atoms with E-state index in [9.17, 15) is 0 Å². The molecule has 0 aliphatic heterocycles. The number of rotatable bonds is 5. The Morgan fingerprint density at radius 2 is 2.00 bits per heavy atom. The summed E-state index contributed by atoms with van der Waals surface area (Å²) in [4.78, 5) is 0. The van der Waals surface area contributed by atoms with E-state index in [0.29, 0.717) is 0 Å². The van der Waals surface area contributed by atoms with E-state index in [1.807, 2.05) is 0 Å². The van der Waals surface area contributed by atoms with Crippen LogP contribution in [0.4, 0.5) is 0 Å². The highest BCUT2D eigenvalue weighted by molar-refractivity contribution is 9.10. The molecule has 4 heteroatoms. The van der Waals surface area contributed by atoms with Gasteiger partial charge in [0.2, 0.25) is 0 Å². The minimum Gasteiger partial charge on any atom is -0.426 e. The topological polar surface area (TPSA) is 40.5 Å². The molecule has 0 amide bonds. The number of hydrogen-bond acceptors (Lipinski definition) is 2.